The maximum Gasteiger partial charge on any atom is 0.306 e. The van der Waals surface area contributed by atoms with Crippen LogP contribution in [0.5, 0.6) is 5.75 Å². The molecular formula is C46H64N4O8S. The molecule has 0 spiro atoms. The van der Waals surface area contributed by atoms with Gasteiger partial charge in [-0.1, -0.05) is 89.9 Å². The number of esters is 1. The number of carboxylic acids is 1. The first kappa shape index (κ1) is 47.1. The average molecular weight is 833 g/mol. The zero-order valence-corrected chi connectivity index (χ0v) is 36.8. The molecule has 0 radical (unpaired) electrons. The lowest BCUT2D eigenvalue weighted by atomic mass is 9.82. The fourth-order valence-corrected chi connectivity index (χ4v) is 8.79. The highest BCUT2D eigenvalue weighted by atomic mass is 32.1. The van der Waals surface area contributed by atoms with Crippen molar-refractivity contribution in [2.24, 2.45) is 23.7 Å². The van der Waals surface area contributed by atoms with Crippen molar-refractivity contribution in [3.05, 3.63) is 81.8 Å². The number of likely N-dealkylation sites (N-methyl/N-ethyl adjacent to an activating group) is 1. The van der Waals surface area contributed by atoms with Crippen LogP contribution in [0.4, 0.5) is 0 Å². The van der Waals surface area contributed by atoms with Crippen LogP contribution >= 0.6 is 11.3 Å². The van der Waals surface area contributed by atoms with Crippen molar-refractivity contribution in [2.45, 2.75) is 124 Å². The van der Waals surface area contributed by atoms with Gasteiger partial charge in [0, 0.05) is 49.7 Å². The Morgan fingerprint density at radius 2 is 1.68 bits per heavy atom. The van der Waals surface area contributed by atoms with Crippen LogP contribution in [0.1, 0.15) is 119 Å². The van der Waals surface area contributed by atoms with Crippen LogP contribution in [-0.4, -0.2) is 88.3 Å². The maximum absolute atomic E-state index is 15.1. The van der Waals surface area contributed by atoms with Gasteiger partial charge in [0.05, 0.1) is 19.1 Å². The summed E-state index contributed by atoms with van der Waals surface area (Å²) in [6, 6.07) is 16.0. The van der Waals surface area contributed by atoms with E-state index >= 15 is 4.79 Å². The van der Waals surface area contributed by atoms with Crippen molar-refractivity contribution in [1.29, 1.82) is 0 Å². The largest absolute Gasteiger partial charge is 0.497 e. The number of carbonyl (C=O) groups is 5. The molecule has 2 N–H and O–H groups in total. The minimum atomic E-state index is -0.961. The summed E-state index contributed by atoms with van der Waals surface area (Å²) >= 11 is 1.19. The van der Waals surface area contributed by atoms with E-state index in [4.69, 9.17) is 9.47 Å². The molecular weight excluding hydrogens is 769 g/mol. The van der Waals surface area contributed by atoms with Gasteiger partial charge in [-0.15, -0.1) is 11.3 Å². The van der Waals surface area contributed by atoms with E-state index in [1.807, 2.05) is 94.2 Å². The molecule has 1 aromatic heterocycles. The van der Waals surface area contributed by atoms with Crippen LogP contribution in [0, 0.1) is 23.7 Å². The number of piperidine rings is 1. The number of ketones is 1. The highest BCUT2D eigenvalue weighted by Crippen LogP contribution is 2.34. The molecule has 4 rings (SSSR count). The number of aromatic nitrogens is 1. The van der Waals surface area contributed by atoms with Gasteiger partial charge in [-0.05, 0) is 74.4 Å². The molecule has 12 nitrogen and oxygen atoms in total. The molecule has 59 heavy (non-hydrogen) atoms. The van der Waals surface area contributed by atoms with Gasteiger partial charge in [-0.2, -0.15) is 0 Å². The number of thiazole rings is 1. The summed E-state index contributed by atoms with van der Waals surface area (Å²) in [6.07, 6.45) is 3.65. The average Bonchev–Trinajstić information content (AvgIpc) is 3.71. The number of hydrogen-bond acceptors (Lipinski definition) is 10. The molecule has 2 aromatic carbocycles. The second-order valence-electron chi connectivity index (χ2n) is 16.5. The van der Waals surface area contributed by atoms with Gasteiger partial charge in [0.2, 0.25) is 5.91 Å². The maximum atomic E-state index is 15.1. The monoisotopic (exact) mass is 832 g/mol. The van der Waals surface area contributed by atoms with Crippen LogP contribution < -0.4 is 10.1 Å². The van der Waals surface area contributed by atoms with Crippen molar-refractivity contribution < 1.29 is 38.6 Å². The molecule has 1 aliphatic heterocycles. The van der Waals surface area contributed by atoms with Crippen LogP contribution in [0.2, 0.25) is 0 Å². The minimum absolute atomic E-state index is 0.0530. The molecule has 7 atom stereocenters. The Hall–Kier alpha value is -4.62. The third kappa shape index (κ3) is 13.7. The van der Waals surface area contributed by atoms with Gasteiger partial charge in [0.25, 0.3) is 5.91 Å². The molecule has 0 saturated carbocycles. The quantitative estimate of drug-likeness (QED) is 0.0961. The number of carboxylic acid groups (broad SMARTS) is 1. The third-order valence-corrected chi connectivity index (χ3v) is 12.6. The Morgan fingerprint density at radius 3 is 2.27 bits per heavy atom. The van der Waals surface area contributed by atoms with Crippen LogP contribution in [0.15, 0.2) is 60.0 Å². The number of likely N-dealkylation sites (tertiary alicyclic amines) is 1. The van der Waals surface area contributed by atoms with Gasteiger partial charge in [0.1, 0.15) is 16.5 Å². The number of aliphatic carboxylic acids is 1. The summed E-state index contributed by atoms with van der Waals surface area (Å²) in [7, 11) is 3.57. The summed E-state index contributed by atoms with van der Waals surface area (Å²) in [6.45, 7) is 12.2. The number of Topliss-reactive ketones (excluding diaryl/α,β-unsaturated/α-hetero) is 1. The molecule has 2 amide bonds. The molecule has 1 fully saturated rings. The number of hydrogen-bond donors (Lipinski definition) is 2. The van der Waals surface area contributed by atoms with Crippen LogP contribution in [0.3, 0.4) is 0 Å². The van der Waals surface area contributed by atoms with E-state index < -0.39 is 47.9 Å². The van der Waals surface area contributed by atoms with Gasteiger partial charge in [0.15, 0.2) is 11.9 Å². The summed E-state index contributed by atoms with van der Waals surface area (Å²) in [5.41, 5.74) is 1.95. The van der Waals surface area contributed by atoms with Crippen molar-refractivity contribution in [3.63, 3.8) is 0 Å². The molecule has 3 unspecified atom stereocenters. The summed E-state index contributed by atoms with van der Waals surface area (Å²) < 4.78 is 11.2. The topological polar surface area (TPSA) is 155 Å². The van der Waals surface area contributed by atoms with Gasteiger partial charge >= 0.3 is 11.9 Å². The van der Waals surface area contributed by atoms with E-state index in [1.54, 1.807) is 19.4 Å². The fourth-order valence-electron chi connectivity index (χ4n) is 7.95. The van der Waals surface area contributed by atoms with Gasteiger partial charge < -0.3 is 24.8 Å². The Kier molecular flexibility index (Phi) is 18.1. The molecule has 1 aliphatic rings. The van der Waals surface area contributed by atoms with Crippen molar-refractivity contribution >= 4 is 40.9 Å². The van der Waals surface area contributed by atoms with Gasteiger partial charge in [-0.3, -0.25) is 28.9 Å². The van der Waals surface area contributed by atoms with E-state index in [9.17, 15) is 24.3 Å². The summed E-state index contributed by atoms with van der Waals surface area (Å²) in [5, 5.41) is 14.7. The number of benzene rings is 2. The Labute approximate surface area is 354 Å². The number of nitrogens with one attached hydrogen (secondary N) is 1. The highest BCUT2D eigenvalue weighted by Gasteiger charge is 2.39. The van der Waals surface area contributed by atoms with E-state index in [0.717, 1.165) is 43.4 Å². The number of methoxy groups -OCH3 is 1. The first-order chi connectivity index (χ1) is 28.1. The Morgan fingerprint density at radius 1 is 0.983 bits per heavy atom. The predicted octanol–water partition coefficient (Wildman–Crippen LogP) is 7.76. The fraction of sp³-hybridized carbons (Fsp3) is 0.565. The Balaban J connectivity index is 1.64. The van der Waals surface area contributed by atoms with E-state index in [1.165, 1.54) is 18.3 Å². The number of rotatable bonds is 22. The standard InChI is InChI=1S/C46H64N4O8S/c1-9-30(4)37(25-41(52)39-17-13-14-22-49(39)7)45(54)50(27-34-15-11-10-12-16-34)40(29(2)3)26-42(58-32(6)51)44-48-38(28-59-44)43(53)47-35(23-31(5)46(55)56)24-33-18-20-36(57-8)21-19-33/h10-12,15-16,18-21,28-31,35,37,39-40,42H,9,13-14,17,22-27H2,1-8H3,(H,47,53)(H,55,56)/t30?,31-,35+,37?,39?,40+,42+/m0/s1. The van der Waals surface area contributed by atoms with Crippen LogP contribution in [0.25, 0.3) is 0 Å². The number of ether oxygens (including phenoxy) is 2. The molecule has 1 saturated heterocycles. The lowest BCUT2D eigenvalue weighted by molar-refractivity contribution is -0.150. The Bertz CT molecular complexity index is 1830. The van der Waals surface area contributed by atoms with E-state index in [-0.39, 0.29) is 54.5 Å². The van der Waals surface area contributed by atoms with Crippen LogP contribution in [-0.2, 0) is 36.9 Å². The smallest absolute Gasteiger partial charge is 0.306 e. The molecule has 2 heterocycles. The first-order valence-corrected chi connectivity index (χ1v) is 21.9. The van der Waals surface area contributed by atoms with E-state index in [2.05, 4.69) is 15.2 Å². The molecule has 0 bridgehead atoms. The van der Waals surface area contributed by atoms with Crippen molar-refractivity contribution in [3.8, 4) is 5.75 Å². The number of amides is 2. The van der Waals surface area contributed by atoms with E-state index in [0.29, 0.717) is 23.7 Å². The second kappa shape index (κ2) is 22.7. The normalized spacial score (nSPS) is 17.5. The predicted molar refractivity (Wildman–Crippen MR) is 229 cm³/mol. The lowest BCUT2D eigenvalue weighted by Gasteiger charge is -2.40. The summed E-state index contributed by atoms with van der Waals surface area (Å²) in [4.78, 5) is 75.8. The lowest BCUT2D eigenvalue weighted by Crippen LogP contribution is -2.49. The van der Waals surface area contributed by atoms with Crippen molar-refractivity contribution in [2.75, 3.05) is 20.7 Å². The minimum Gasteiger partial charge on any atom is -0.497 e. The highest BCUT2D eigenvalue weighted by molar-refractivity contribution is 7.09. The molecule has 322 valence electrons. The zero-order valence-electron chi connectivity index (χ0n) is 36.0. The SMILES string of the molecule is CCC(C)C(CC(=O)C1CCCCN1C)C(=O)N(Cc1ccccc1)[C@H](C[C@@H](OC(C)=O)c1nc(C(=O)N[C@@H](Cc2ccc(OC)cc2)C[C@H](C)C(=O)O)cs1)C(C)C. The summed E-state index contributed by atoms with van der Waals surface area (Å²) in [5.74, 6) is -2.67. The molecule has 3 aromatic rings. The van der Waals surface area contributed by atoms with Crippen molar-refractivity contribution in [1.82, 2.24) is 20.1 Å². The third-order valence-electron chi connectivity index (χ3n) is 11.7. The zero-order chi connectivity index (χ0) is 43.2. The van der Waals surface area contributed by atoms with Gasteiger partial charge in [-0.25, -0.2) is 4.98 Å². The number of nitrogens with zero attached hydrogens (tertiary/aromatic N) is 3. The molecule has 13 heteroatoms. The number of carbonyl (C=O) groups excluding carboxylic acids is 4. The second-order valence-corrected chi connectivity index (χ2v) is 17.4. The molecule has 0 aliphatic carbocycles. The first-order valence-electron chi connectivity index (χ1n) is 21.0.